The Hall–Kier alpha value is -8.07. The Labute approximate surface area is 378 Å². The summed E-state index contributed by atoms with van der Waals surface area (Å²) in [5.41, 5.74) is 7.60. The second-order valence-corrected chi connectivity index (χ2v) is 17.4. The minimum atomic E-state index is -0.912. The van der Waals surface area contributed by atoms with Crippen LogP contribution in [0.5, 0.6) is 0 Å². The molecule has 0 saturated carbocycles. The number of benzene rings is 7. The first kappa shape index (κ1) is 42.2. The summed E-state index contributed by atoms with van der Waals surface area (Å²) in [5, 5.41) is 46.9. The number of rotatable bonds is 13. The third kappa shape index (κ3) is 7.74. The van der Waals surface area contributed by atoms with E-state index in [1.807, 2.05) is 78.9 Å². The molecule has 318 valence electrons. The van der Waals surface area contributed by atoms with Gasteiger partial charge in [-0.05, 0) is 113 Å². The molecule has 0 spiro atoms. The molecule has 8 nitrogen and oxygen atoms in total. The third-order valence-electron chi connectivity index (χ3n) is 13.4. The lowest BCUT2D eigenvalue weighted by Crippen LogP contribution is -2.34. The fourth-order valence-electron chi connectivity index (χ4n) is 10.4. The van der Waals surface area contributed by atoms with Crippen molar-refractivity contribution >= 4 is 61.3 Å². The van der Waals surface area contributed by atoms with Crippen LogP contribution >= 0.6 is 0 Å². The van der Waals surface area contributed by atoms with E-state index < -0.39 is 22.8 Å². The maximum Gasteiger partial charge on any atom is 0.309 e. The summed E-state index contributed by atoms with van der Waals surface area (Å²) >= 11 is 0. The molecule has 65 heavy (non-hydrogen) atoms. The van der Waals surface area contributed by atoms with Crippen molar-refractivity contribution in [2.75, 3.05) is 18.0 Å². The number of carboxylic acids is 2. The summed E-state index contributed by atoms with van der Waals surface area (Å²) in [6.07, 6.45) is 8.58. The number of hydrogen-bond acceptors (Lipinski definition) is 5. The molecule has 0 bridgehead atoms. The third-order valence-corrected chi connectivity index (χ3v) is 13.4. The fraction of sp³-hybridized carbons (Fsp3) is 0.175. The van der Waals surface area contributed by atoms with Crippen molar-refractivity contribution in [1.82, 2.24) is 0 Å². The van der Waals surface area contributed by atoms with Crippen LogP contribution in [0.25, 0.3) is 32.3 Å². The van der Waals surface area contributed by atoms with Gasteiger partial charge in [0.1, 0.15) is 6.42 Å². The number of carboxylic acid groups (broad SMARTS) is 2. The predicted octanol–water partition coefficient (Wildman–Crippen LogP) is 11.5. The van der Waals surface area contributed by atoms with Gasteiger partial charge in [0.15, 0.2) is 12.3 Å². The Bertz CT molecular complexity index is 3290. The van der Waals surface area contributed by atoms with Crippen molar-refractivity contribution in [2.45, 2.75) is 50.4 Å². The molecular formula is C57H47N4O4+. The van der Waals surface area contributed by atoms with E-state index in [0.717, 1.165) is 77.4 Å². The topological polar surface area (TPSA) is 128 Å². The molecule has 2 heterocycles. The van der Waals surface area contributed by atoms with Crippen LogP contribution in [0, 0.1) is 22.7 Å². The predicted molar refractivity (Wildman–Crippen MR) is 258 cm³/mol. The molecule has 0 amide bonds. The highest BCUT2D eigenvalue weighted by molar-refractivity contribution is 6.08. The quantitative estimate of drug-likeness (QED) is 0.0671. The van der Waals surface area contributed by atoms with Gasteiger partial charge in [0.05, 0.1) is 40.5 Å². The molecule has 9 rings (SSSR count). The van der Waals surface area contributed by atoms with E-state index in [9.17, 15) is 30.3 Å². The van der Waals surface area contributed by atoms with Crippen molar-refractivity contribution in [3.05, 3.63) is 203 Å². The summed E-state index contributed by atoms with van der Waals surface area (Å²) in [7, 11) is 0. The Morgan fingerprint density at radius 3 is 2.02 bits per heavy atom. The van der Waals surface area contributed by atoms with E-state index in [-0.39, 0.29) is 25.9 Å². The number of anilines is 1. The Morgan fingerprint density at radius 1 is 0.692 bits per heavy atom. The van der Waals surface area contributed by atoms with Crippen molar-refractivity contribution in [3.63, 3.8) is 0 Å². The first-order valence-electron chi connectivity index (χ1n) is 21.9. The lowest BCUT2D eigenvalue weighted by molar-refractivity contribution is -0.435. The summed E-state index contributed by atoms with van der Waals surface area (Å²) in [4.78, 5) is 26.5. The zero-order valence-electron chi connectivity index (χ0n) is 36.3. The standard InChI is InChI=1S/C57H46N4O4/c1-56(35-44-14-9-13-41-10-3-6-15-45(41)44)48-26-24-43-12-5-8-17-47(43)55(48)61(33-31-53(64)65)50(56)28-22-40(37-59)23-29-51-57(2,34-38-18-20-39(36-58)21-19-38)54-46-16-7-4-11-42(46)25-27-49(54)60(51)32-30-52(62)63/h3-29H,30-35H2,1-2H3,(H-,62,63,64,65)/p+1. The van der Waals surface area contributed by atoms with Crippen LogP contribution in [0.2, 0.25) is 0 Å². The van der Waals surface area contributed by atoms with Gasteiger partial charge in [0, 0.05) is 35.0 Å². The number of nitrogens with zero attached hydrogens (tertiary/aromatic N) is 4. The Balaban J connectivity index is 1.21. The minimum absolute atomic E-state index is 0.0867. The number of hydrogen-bond donors (Lipinski definition) is 2. The Kier molecular flexibility index (Phi) is 11.2. The highest BCUT2D eigenvalue weighted by Crippen LogP contribution is 2.53. The molecule has 2 aliphatic heterocycles. The van der Waals surface area contributed by atoms with Gasteiger partial charge in [-0.25, -0.2) is 0 Å². The molecular weight excluding hydrogens is 805 g/mol. The van der Waals surface area contributed by atoms with Crippen molar-refractivity contribution in [2.24, 2.45) is 0 Å². The van der Waals surface area contributed by atoms with Gasteiger partial charge >= 0.3 is 11.9 Å². The van der Waals surface area contributed by atoms with Gasteiger partial charge in [-0.1, -0.05) is 115 Å². The van der Waals surface area contributed by atoms with Crippen LogP contribution in [0.15, 0.2) is 175 Å². The molecule has 2 aliphatic rings. The lowest BCUT2D eigenvalue weighted by Gasteiger charge is -2.31. The van der Waals surface area contributed by atoms with Gasteiger partial charge < -0.3 is 15.1 Å². The van der Waals surface area contributed by atoms with Gasteiger partial charge in [0.25, 0.3) is 0 Å². The van der Waals surface area contributed by atoms with Crippen molar-refractivity contribution in [1.29, 1.82) is 10.5 Å². The zero-order valence-corrected chi connectivity index (χ0v) is 36.3. The minimum Gasteiger partial charge on any atom is -0.481 e. The molecule has 2 atom stereocenters. The average Bonchev–Trinajstić information content (AvgIpc) is 3.70. The summed E-state index contributed by atoms with van der Waals surface area (Å²) in [6.45, 7) is 4.84. The number of fused-ring (bicyclic) bond motifs is 7. The lowest BCUT2D eigenvalue weighted by atomic mass is 9.73. The Morgan fingerprint density at radius 2 is 1.32 bits per heavy atom. The van der Waals surface area contributed by atoms with Gasteiger partial charge in [0.2, 0.25) is 5.69 Å². The van der Waals surface area contributed by atoms with E-state index in [1.54, 1.807) is 0 Å². The van der Waals surface area contributed by atoms with Crippen LogP contribution in [0.4, 0.5) is 11.4 Å². The zero-order chi connectivity index (χ0) is 45.3. The SMILES string of the molecule is CC1(Cc2cccc3ccccc23)C(/C=C/C(C#N)=C/C=C2/N(CCC(=O)O)c3ccc4ccccc4c3C2(C)Cc2ccc(C#N)cc2)=[N+](CCC(=O)O)c2c1ccc1ccccc21. The van der Waals surface area contributed by atoms with E-state index in [0.29, 0.717) is 24.0 Å². The van der Waals surface area contributed by atoms with E-state index in [4.69, 9.17) is 0 Å². The van der Waals surface area contributed by atoms with Gasteiger partial charge in [-0.3, -0.25) is 9.59 Å². The first-order valence-corrected chi connectivity index (χ1v) is 21.9. The van der Waals surface area contributed by atoms with Crippen molar-refractivity contribution < 1.29 is 24.4 Å². The van der Waals surface area contributed by atoms with Crippen LogP contribution in [0.1, 0.15) is 54.5 Å². The number of aliphatic carboxylic acids is 2. The molecule has 0 radical (unpaired) electrons. The number of allylic oxidation sites excluding steroid dienone is 6. The normalized spacial score (nSPS) is 18.7. The molecule has 0 saturated heterocycles. The summed E-state index contributed by atoms with van der Waals surface area (Å²) < 4.78 is 2.14. The van der Waals surface area contributed by atoms with Crippen LogP contribution < -0.4 is 4.90 Å². The number of nitriles is 2. The molecule has 7 aromatic rings. The largest absolute Gasteiger partial charge is 0.481 e. The van der Waals surface area contributed by atoms with E-state index in [1.165, 1.54) is 0 Å². The molecule has 2 unspecified atom stereocenters. The van der Waals surface area contributed by atoms with Gasteiger partial charge in [-0.15, -0.1) is 0 Å². The smallest absolute Gasteiger partial charge is 0.309 e. The maximum absolute atomic E-state index is 12.3. The molecule has 0 aromatic heterocycles. The molecule has 0 fully saturated rings. The van der Waals surface area contributed by atoms with E-state index in [2.05, 4.69) is 120 Å². The number of carbonyl (C=O) groups is 2. The van der Waals surface area contributed by atoms with Gasteiger partial charge in [-0.2, -0.15) is 15.1 Å². The maximum atomic E-state index is 12.3. The van der Waals surface area contributed by atoms with Crippen LogP contribution in [-0.2, 0) is 33.3 Å². The average molecular weight is 852 g/mol. The second kappa shape index (κ2) is 17.2. The van der Waals surface area contributed by atoms with Crippen LogP contribution in [-0.4, -0.2) is 45.5 Å². The highest BCUT2D eigenvalue weighted by Gasteiger charge is 2.49. The van der Waals surface area contributed by atoms with E-state index >= 15 is 0 Å². The molecule has 2 N–H and O–H groups in total. The fourth-order valence-corrected chi connectivity index (χ4v) is 10.4. The van der Waals surface area contributed by atoms with Crippen molar-refractivity contribution in [3.8, 4) is 12.1 Å². The molecule has 7 aromatic carbocycles. The summed E-state index contributed by atoms with van der Waals surface area (Å²) in [5.74, 6) is -1.81. The highest BCUT2D eigenvalue weighted by atomic mass is 16.4. The van der Waals surface area contributed by atoms with Crippen LogP contribution in [0.3, 0.4) is 0 Å². The first-order chi connectivity index (χ1) is 31.5. The summed E-state index contributed by atoms with van der Waals surface area (Å²) in [6, 6.07) is 51.8. The second-order valence-electron chi connectivity index (χ2n) is 17.4. The molecule has 8 heteroatoms. The molecule has 0 aliphatic carbocycles. The monoisotopic (exact) mass is 851 g/mol.